The Bertz CT molecular complexity index is 294. The van der Waals surface area contributed by atoms with E-state index in [0.29, 0.717) is 0 Å². The summed E-state index contributed by atoms with van der Waals surface area (Å²) in [5.74, 6) is 0. The summed E-state index contributed by atoms with van der Waals surface area (Å²) in [6.45, 7) is 0. The fourth-order valence-corrected chi connectivity index (χ4v) is 2.59. The summed E-state index contributed by atoms with van der Waals surface area (Å²) in [7, 11) is 0. The van der Waals surface area contributed by atoms with Crippen LogP contribution in [-0.4, -0.2) is 25.1 Å². The summed E-state index contributed by atoms with van der Waals surface area (Å²) < 4.78 is 34.9. The second-order valence-corrected chi connectivity index (χ2v) is 6.35. The molecule has 0 aliphatic heterocycles. The Kier molecular flexibility index (Phi) is 3.13. The van der Waals surface area contributed by atoms with Crippen molar-refractivity contribution in [1.29, 1.82) is 0 Å². The van der Waals surface area contributed by atoms with E-state index < -0.39 is 25.1 Å². The number of alkyl halides is 3. The predicted octanol–water partition coefficient (Wildman–Crippen LogP) is 1.52. The number of carbonyl (C=O) groups is 1. The van der Waals surface area contributed by atoms with Crippen molar-refractivity contribution in [3.05, 3.63) is 35.9 Å². The monoisotopic (exact) mass is 250 g/mol. The number of benzene rings is 1. The number of hydrogen-bond donors (Lipinski definition) is 0. The quantitative estimate of drug-likeness (QED) is 0.726. The Morgan fingerprint density at radius 1 is 1.15 bits per heavy atom. The van der Waals surface area contributed by atoms with Gasteiger partial charge in [0.05, 0.1) is 0 Å². The molecule has 0 aromatic heterocycles. The predicted molar refractivity (Wildman–Crippen MR) is 45.4 cm³/mol. The summed E-state index contributed by atoms with van der Waals surface area (Å²) >= 11 is -3.11. The van der Waals surface area contributed by atoms with Crippen LogP contribution in [0.2, 0.25) is 0 Å². The third kappa shape index (κ3) is 3.63. The van der Waals surface area contributed by atoms with Crippen molar-refractivity contribution in [2.75, 3.05) is 0 Å². The maximum atomic E-state index is 11.9. The van der Waals surface area contributed by atoms with Gasteiger partial charge in [-0.05, 0) is 0 Å². The molecule has 0 radical (unpaired) electrons. The van der Waals surface area contributed by atoms with E-state index in [2.05, 4.69) is 0 Å². The first-order chi connectivity index (χ1) is 5.99. The van der Waals surface area contributed by atoms with Gasteiger partial charge >= 0.3 is 78.9 Å². The first-order valence-corrected chi connectivity index (χ1v) is 6.61. The van der Waals surface area contributed by atoms with Crippen LogP contribution in [0.25, 0.3) is 0 Å². The van der Waals surface area contributed by atoms with Crippen LogP contribution in [0.3, 0.4) is 0 Å². The molecule has 0 aliphatic carbocycles. The molecule has 0 amide bonds. The molecule has 0 saturated carbocycles. The number of halogens is 3. The van der Waals surface area contributed by atoms with E-state index in [0.717, 1.165) is 0 Å². The van der Waals surface area contributed by atoms with Crippen molar-refractivity contribution in [2.45, 2.75) is 5.01 Å². The summed E-state index contributed by atoms with van der Waals surface area (Å²) in [5, 5.41) is -4.24. The summed E-state index contributed by atoms with van der Waals surface area (Å²) in [6.07, 6.45) is 0. The molecule has 1 nitrogen and oxygen atoms in total. The normalized spacial score (nSPS) is 12.2. The zero-order valence-electron chi connectivity index (χ0n) is 6.64. The molecule has 70 valence electrons. The van der Waals surface area contributed by atoms with E-state index >= 15 is 0 Å². The van der Waals surface area contributed by atoms with Crippen molar-refractivity contribution >= 4 is 20.0 Å². The Morgan fingerprint density at radius 3 is 2.15 bits per heavy atom. The van der Waals surface area contributed by atoms with Crippen LogP contribution in [0, 0.1) is 0 Å². The summed E-state index contributed by atoms with van der Waals surface area (Å²) in [4.78, 5) is 11.0. The molecule has 0 aliphatic rings. The number of rotatable bonds is 2. The Balaban J connectivity index is 2.71. The van der Waals surface area contributed by atoms with Gasteiger partial charge in [0.25, 0.3) is 0 Å². The fraction of sp³-hybridized carbons (Fsp3) is 0.125. The van der Waals surface area contributed by atoms with Crippen LogP contribution < -0.4 is 0 Å². The molecule has 0 atom stereocenters. The van der Waals surface area contributed by atoms with Crippen LogP contribution in [0.5, 0.6) is 0 Å². The van der Waals surface area contributed by atoms with E-state index in [4.69, 9.17) is 0 Å². The van der Waals surface area contributed by atoms with Crippen LogP contribution in [-0.2, 0) is 0 Å². The second kappa shape index (κ2) is 3.95. The van der Waals surface area contributed by atoms with Gasteiger partial charge < -0.3 is 0 Å². The van der Waals surface area contributed by atoms with Gasteiger partial charge in [-0.2, -0.15) is 0 Å². The first kappa shape index (κ1) is 10.3. The van der Waals surface area contributed by atoms with E-state index in [9.17, 15) is 18.0 Å². The molecule has 0 unspecified atom stereocenters. The zero-order chi connectivity index (χ0) is 9.90. The average Bonchev–Trinajstić information content (AvgIpc) is 2.03. The van der Waals surface area contributed by atoms with E-state index in [1.165, 1.54) is 12.1 Å². The summed E-state index contributed by atoms with van der Waals surface area (Å²) in [5.41, 5.74) is 0.180. The minimum absolute atomic E-state index is 0.180. The van der Waals surface area contributed by atoms with Crippen molar-refractivity contribution < 1.29 is 18.0 Å². The van der Waals surface area contributed by atoms with Crippen LogP contribution in [0.15, 0.2) is 30.3 Å². The molecule has 5 heteroatoms. The van der Waals surface area contributed by atoms with Crippen molar-refractivity contribution in [1.82, 2.24) is 0 Å². The van der Waals surface area contributed by atoms with Gasteiger partial charge in [-0.15, -0.1) is 0 Å². The van der Waals surface area contributed by atoms with Crippen molar-refractivity contribution in [2.24, 2.45) is 0 Å². The molecule has 0 saturated heterocycles. The number of carbonyl (C=O) groups excluding carboxylic acids is 1. The summed E-state index contributed by atoms with van der Waals surface area (Å²) in [6, 6.07) is 7.62. The molecule has 0 bridgehead atoms. The van der Waals surface area contributed by atoms with Gasteiger partial charge in [0.2, 0.25) is 0 Å². The van der Waals surface area contributed by atoms with Crippen LogP contribution in [0.4, 0.5) is 13.2 Å². The van der Waals surface area contributed by atoms with Crippen LogP contribution in [0.1, 0.15) is 10.4 Å². The van der Waals surface area contributed by atoms with Gasteiger partial charge in [-0.1, -0.05) is 0 Å². The molecule has 0 spiro atoms. The zero-order valence-corrected chi connectivity index (χ0v) is 9.60. The van der Waals surface area contributed by atoms with E-state index in [1.54, 1.807) is 18.2 Å². The topological polar surface area (TPSA) is 17.1 Å². The van der Waals surface area contributed by atoms with E-state index in [1.807, 2.05) is 0 Å². The van der Waals surface area contributed by atoms with Crippen molar-refractivity contribution in [3.63, 3.8) is 0 Å². The molecule has 0 N–H and O–H groups in total. The standard InChI is InChI=1S/C8H7F3GeO/c9-8(10,11)12-7(13)6-4-2-1-3-5-6/h1-5H,12H2. The average molecular weight is 249 g/mol. The second-order valence-electron chi connectivity index (χ2n) is 2.58. The Morgan fingerprint density at radius 2 is 1.69 bits per heavy atom. The van der Waals surface area contributed by atoms with Gasteiger partial charge in [0.1, 0.15) is 0 Å². The SMILES string of the molecule is O=[C]([GeH2][C](F)(F)F)c1ccccc1. The van der Waals surface area contributed by atoms with E-state index in [-0.39, 0.29) is 5.56 Å². The Labute approximate surface area is 79.4 Å². The Hall–Kier alpha value is -0.777. The van der Waals surface area contributed by atoms with Crippen molar-refractivity contribution in [3.8, 4) is 0 Å². The maximum absolute atomic E-state index is 11.9. The molecule has 1 aromatic rings. The molecule has 13 heavy (non-hydrogen) atoms. The van der Waals surface area contributed by atoms with Gasteiger partial charge in [-0.25, -0.2) is 0 Å². The third-order valence-electron chi connectivity index (χ3n) is 1.46. The molecular weight excluding hydrogens is 242 g/mol. The minimum atomic E-state index is -4.24. The van der Waals surface area contributed by atoms with Gasteiger partial charge in [0, 0.05) is 0 Å². The molecule has 0 fully saturated rings. The fourth-order valence-electron chi connectivity index (χ4n) is 0.908. The molecular formula is C8H7F3GeO. The van der Waals surface area contributed by atoms with Gasteiger partial charge in [-0.3, -0.25) is 0 Å². The van der Waals surface area contributed by atoms with Crippen LogP contribution >= 0.6 is 0 Å². The first-order valence-electron chi connectivity index (χ1n) is 3.64. The van der Waals surface area contributed by atoms with Gasteiger partial charge in [0.15, 0.2) is 0 Å². The molecule has 1 aromatic carbocycles. The molecule has 0 heterocycles. The third-order valence-corrected chi connectivity index (χ3v) is 3.83. The number of hydrogen-bond acceptors (Lipinski definition) is 1. The molecule has 1 rings (SSSR count).